The van der Waals surface area contributed by atoms with E-state index in [9.17, 15) is 0 Å². The molecule has 6 nitrogen and oxygen atoms in total. The molecule has 0 saturated carbocycles. The number of ether oxygens (including phenoxy) is 3. The molecule has 0 unspecified atom stereocenters. The highest BCUT2D eigenvalue weighted by Crippen LogP contribution is 2.23. The van der Waals surface area contributed by atoms with Gasteiger partial charge in [-0.15, -0.1) is 15.0 Å². The Morgan fingerprint density at radius 3 is 0.917 bits per heavy atom. The molecule has 258 valence electrons. The van der Waals surface area contributed by atoms with Crippen molar-refractivity contribution in [3.05, 3.63) is 105 Å². The highest BCUT2D eigenvalue weighted by atomic mass is 32.2. The van der Waals surface area contributed by atoms with Gasteiger partial charge in [-0.1, -0.05) is 54.6 Å². The Bertz CT molecular complexity index is 1330. The number of aromatic nitrogens is 3. The number of rotatable bonds is 21. The molecule has 4 rings (SSSR count). The van der Waals surface area contributed by atoms with E-state index in [1.165, 1.54) is 50.1 Å². The van der Waals surface area contributed by atoms with E-state index in [4.69, 9.17) is 14.2 Å². The number of thioether (sulfide) groups is 3. The van der Waals surface area contributed by atoms with Crippen molar-refractivity contribution in [3.8, 4) is 18.0 Å². The van der Waals surface area contributed by atoms with E-state index in [1.54, 1.807) is 0 Å². The maximum Gasteiger partial charge on any atom is 0.325 e. The van der Waals surface area contributed by atoms with Gasteiger partial charge in [0.2, 0.25) is 0 Å². The Morgan fingerprint density at radius 2 is 0.667 bits per heavy atom. The fourth-order valence-corrected chi connectivity index (χ4v) is 8.62. The molecule has 3 aromatic carbocycles. The van der Waals surface area contributed by atoms with Crippen LogP contribution in [0.4, 0.5) is 0 Å². The molecule has 0 atom stereocenters. The highest BCUT2D eigenvalue weighted by molar-refractivity contribution is 7.98. The van der Waals surface area contributed by atoms with Gasteiger partial charge in [-0.25, -0.2) is 0 Å². The Balaban J connectivity index is 1.23. The average Bonchev–Trinajstić information content (AvgIpc) is 3.05. The van der Waals surface area contributed by atoms with E-state index in [0.717, 1.165) is 53.8 Å². The van der Waals surface area contributed by atoms with Gasteiger partial charge in [-0.05, 0) is 128 Å². The van der Waals surface area contributed by atoms with Crippen LogP contribution in [0.15, 0.2) is 54.6 Å². The lowest BCUT2D eigenvalue weighted by Crippen LogP contribution is -2.10. The molecule has 0 fully saturated rings. The quantitative estimate of drug-likeness (QED) is 0.0789. The van der Waals surface area contributed by atoms with Crippen LogP contribution in [0.5, 0.6) is 18.0 Å². The first-order valence-corrected chi connectivity index (χ1v) is 20.3. The molecule has 0 amide bonds. The summed E-state index contributed by atoms with van der Waals surface area (Å²) >= 11 is 5.77. The summed E-state index contributed by atoms with van der Waals surface area (Å²) in [6, 6.07) is 20.2. The Kier molecular flexibility index (Phi) is 16.3. The monoisotopic (exact) mass is 705 g/mol. The number of nitrogens with zero attached hydrogens (tertiary/aromatic N) is 3. The van der Waals surface area contributed by atoms with Crippen LogP contribution in [-0.4, -0.2) is 52.0 Å². The molecule has 0 aliphatic carbocycles. The summed E-state index contributed by atoms with van der Waals surface area (Å²) in [5.74, 6) is 5.99. The van der Waals surface area contributed by atoms with Crippen LogP contribution in [-0.2, 0) is 17.3 Å². The van der Waals surface area contributed by atoms with E-state index >= 15 is 0 Å². The summed E-state index contributed by atoms with van der Waals surface area (Å²) < 4.78 is 17.9. The predicted molar refractivity (Wildman–Crippen MR) is 206 cm³/mol. The number of benzene rings is 3. The first kappa shape index (κ1) is 37.9. The van der Waals surface area contributed by atoms with Gasteiger partial charge >= 0.3 is 18.0 Å². The molecule has 0 aliphatic heterocycles. The van der Waals surface area contributed by atoms with Crippen molar-refractivity contribution in [3.63, 3.8) is 0 Å². The van der Waals surface area contributed by atoms with Gasteiger partial charge < -0.3 is 14.2 Å². The minimum absolute atomic E-state index is 0.253. The highest BCUT2D eigenvalue weighted by Gasteiger charge is 2.11. The summed E-state index contributed by atoms with van der Waals surface area (Å²) in [5, 5.41) is 0. The topological polar surface area (TPSA) is 66.4 Å². The van der Waals surface area contributed by atoms with Crippen LogP contribution >= 0.6 is 35.3 Å². The standard InChI is InChI=1S/C39H51N3O3S3/c1-28-13-7-14-29(2)34(28)25-46-22-10-19-43-37-40-38(44-20-11-23-47-26-35-30(3)15-8-16-31(35)4)42-39(41-37)45-21-12-24-48-27-36-32(5)17-9-18-33(36)6/h7-9,13-18H,10-12,19-27H2,1-6H3. The molecule has 4 aromatic rings. The van der Waals surface area contributed by atoms with E-state index in [1.807, 2.05) is 35.3 Å². The van der Waals surface area contributed by atoms with E-state index in [-0.39, 0.29) is 18.0 Å². The van der Waals surface area contributed by atoms with Crippen LogP contribution in [0.1, 0.15) is 69.3 Å². The summed E-state index contributed by atoms with van der Waals surface area (Å²) in [5.41, 5.74) is 12.4. The number of aryl methyl sites for hydroxylation is 6. The first-order valence-electron chi connectivity index (χ1n) is 16.8. The minimum Gasteiger partial charge on any atom is -0.463 e. The number of hydrogen-bond donors (Lipinski definition) is 0. The Morgan fingerprint density at radius 1 is 0.417 bits per heavy atom. The molecule has 0 spiro atoms. The van der Waals surface area contributed by atoms with Crippen molar-refractivity contribution in [1.29, 1.82) is 0 Å². The first-order chi connectivity index (χ1) is 23.3. The second kappa shape index (κ2) is 20.6. The zero-order chi connectivity index (χ0) is 34.1. The maximum absolute atomic E-state index is 5.98. The summed E-state index contributed by atoms with van der Waals surface area (Å²) in [6.07, 6.45) is 2.68. The Labute approximate surface area is 301 Å². The summed E-state index contributed by atoms with van der Waals surface area (Å²) in [6.45, 7) is 14.7. The summed E-state index contributed by atoms with van der Waals surface area (Å²) in [7, 11) is 0. The second-order valence-corrected chi connectivity index (χ2v) is 15.4. The predicted octanol–water partition coefficient (Wildman–Crippen LogP) is 9.83. The second-order valence-electron chi connectivity index (χ2n) is 12.1. The van der Waals surface area contributed by atoms with Gasteiger partial charge in [0.25, 0.3) is 0 Å². The third-order valence-corrected chi connectivity index (χ3v) is 11.4. The molecule has 0 saturated heterocycles. The van der Waals surface area contributed by atoms with Crippen molar-refractivity contribution in [2.24, 2.45) is 0 Å². The molecular formula is C39H51N3O3S3. The van der Waals surface area contributed by atoms with Gasteiger partial charge in [0.1, 0.15) is 0 Å². The maximum atomic E-state index is 5.98. The molecule has 0 aliphatic rings. The van der Waals surface area contributed by atoms with Crippen LogP contribution in [0.2, 0.25) is 0 Å². The van der Waals surface area contributed by atoms with E-state index < -0.39 is 0 Å². The lowest BCUT2D eigenvalue weighted by Gasteiger charge is -2.11. The van der Waals surface area contributed by atoms with Gasteiger partial charge in [0.15, 0.2) is 0 Å². The van der Waals surface area contributed by atoms with Crippen LogP contribution < -0.4 is 14.2 Å². The zero-order valence-electron chi connectivity index (χ0n) is 29.5. The van der Waals surface area contributed by atoms with Crippen molar-refractivity contribution in [2.45, 2.75) is 78.1 Å². The number of hydrogen-bond acceptors (Lipinski definition) is 9. The molecule has 1 heterocycles. The normalized spacial score (nSPS) is 11.1. The molecule has 1 aromatic heterocycles. The molecule has 9 heteroatoms. The lowest BCUT2D eigenvalue weighted by molar-refractivity contribution is 0.236. The average molecular weight is 706 g/mol. The van der Waals surface area contributed by atoms with Crippen molar-refractivity contribution in [1.82, 2.24) is 15.0 Å². The molecule has 0 N–H and O–H groups in total. The van der Waals surface area contributed by atoms with Gasteiger partial charge in [0.05, 0.1) is 19.8 Å². The zero-order valence-corrected chi connectivity index (χ0v) is 31.9. The third-order valence-electron chi connectivity index (χ3n) is 8.24. The van der Waals surface area contributed by atoms with Crippen LogP contribution in [0.3, 0.4) is 0 Å². The van der Waals surface area contributed by atoms with Crippen molar-refractivity contribution < 1.29 is 14.2 Å². The van der Waals surface area contributed by atoms with Gasteiger partial charge in [-0.3, -0.25) is 0 Å². The molecule has 0 bridgehead atoms. The van der Waals surface area contributed by atoms with Gasteiger partial charge in [-0.2, -0.15) is 35.3 Å². The van der Waals surface area contributed by atoms with Crippen molar-refractivity contribution >= 4 is 35.3 Å². The smallest absolute Gasteiger partial charge is 0.325 e. The van der Waals surface area contributed by atoms with Crippen LogP contribution in [0.25, 0.3) is 0 Å². The SMILES string of the molecule is Cc1cccc(C)c1CSCCCOc1nc(OCCCSCc2c(C)cccc2C)nc(OCCCSCc2c(C)cccc2C)n1. The Hall–Kier alpha value is -2.88. The largest absolute Gasteiger partial charge is 0.463 e. The van der Waals surface area contributed by atoms with E-state index in [2.05, 4.69) is 111 Å². The third kappa shape index (κ3) is 12.5. The van der Waals surface area contributed by atoms with Crippen LogP contribution in [0, 0.1) is 41.5 Å². The summed E-state index contributed by atoms with van der Waals surface area (Å²) in [4.78, 5) is 13.4. The fourth-order valence-electron chi connectivity index (χ4n) is 5.24. The van der Waals surface area contributed by atoms with E-state index in [0.29, 0.717) is 19.8 Å². The van der Waals surface area contributed by atoms with Gasteiger partial charge in [0, 0.05) is 17.3 Å². The fraction of sp³-hybridized carbons (Fsp3) is 0.462. The molecular weight excluding hydrogens is 655 g/mol. The lowest BCUT2D eigenvalue weighted by atomic mass is 10.1. The molecule has 0 radical (unpaired) electrons. The van der Waals surface area contributed by atoms with Crippen molar-refractivity contribution in [2.75, 3.05) is 37.1 Å². The molecule has 48 heavy (non-hydrogen) atoms. The minimum atomic E-state index is 0.253.